The summed E-state index contributed by atoms with van der Waals surface area (Å²) in [4.78, 5) is 31.6. The lowest BCUT2D eigenvalue weighted by molar-refractivity contribution is -0.164. The monoisotopic (exact) mass is 438 g/mol. The van der Waals surface area contributed by atoms with Crippen molar-refractivity contribution >= 4 is 11.8 Å². The number of hydrogen-bond donors (Lipinski definition) is 0. The van der Waals surface area contributed by atoms with Gasteiger partial charge < -0.3 is 14.5 Å². The number of carbonyl (C=O) groups excluding carboxylic acids is 2. The number of rotatable bonds is 3. The number of benzene rings is 3. The molecule has 3 heterocycles. The molecular formula is C28H26N2O3. The van der Waals surface area contributed by atoms with Crippen molar-refractivity contribution in [3.05, 3.63) is 102 Å². The average Bonchev–Trinajstić information content (AvgIpc) is 3.14. The van der Waals surface area contributed by atoms with E-state index >= 15 is 0 Å². The molecule has 0 radical (unpaired) electrons. The highest BCUT2D eigenvalue weighted by Crippen LogP contribution is 2.59. The fraction of sp³-hybridized carbons (Fsp3) is 0.286. The molecule has 0 aromatic heterocycles. The molecule has 3 aliphatic heterocycles. The van der Waals surface area contributed by atoms with Gasteiger partial charge in [-0.25, -0.2) is 0 Å². The van der Waals surface area contributed by atoms with Gasteiger partial charge in [-0.05, 0) is 24.1 Å². The van der Waals surface area contributed by atoms with Crippen LogP contribution in [0.1, 0.15) is 35.6 Å². The molecule has 2 amide bonds. The Morgan fingerprint density at radius 3 is 2.33 bits per heavy atom. The van der Waals surface area contributed by atoms with Crippen LogP contribution in [0.15, 0.2) is 84.9 Å². The largest absolute Gasteiger partial charge is 0.493 e. The quantitative estimate of drug-likeness (QED) is 0.617. The van der Waals surface area contributed by atoms with Crippen molar-refractivity contribution in [2.24, 2.45) is 5.92 Å². The molecule has 33 heavy (non-hydrogen) atoms. The van der Waals surface area contributed by atoms with Gasteiger partial charge in [0, 0.05) is 23.9 Å². The molecule has 0 aliphatic carbocycles. The Labute approximate surface area is 193 Å². The summed E-state index contributed by atoms with van der Waals surface area (Å²) in [6.45, 7) is 2.96. The molecule has 3 aromatic carbocycles. The highest BCUT2D eigenvalue weighted by Gasteiger charge is 2.66. The SMILES string of the molecule is C[C@@]12C(=O)N(Cc3ccccc3)CC(=O)N1[C@H]1c3ccccc3OC[C@@H]1[C@@H]2c1ccccc1. The summed E-state index contributed by atoms with van der Waals surface area (Å²) < 4.78 is 6.17. The average molecular weight is 439 g/mol. The molecule has 2 saturated heterocycles. The molecule has 0 saturated carbocycles. The van der Waals surface area contributed by atoms with Gasteiger partial charge in [-0.3, -0.25) is 9.59 Å². The van der Waals surface area contributed by atoms with E-state index in [1.54, 1.807) is 4.90 Å². The van der Waals surface area contributed by atoms with Crippen LogP contribution in [-0.4, -0.2) is 40.3 Å². The Hall–Kier alpha value is -3.60. The lowest BCUT2D eigenvalue weighted by Crippen LogP contribution is -2.65. The zero-order chi connectivity index (χ0) is 22.6. The Bertz CT molecular complexity index is 1210. The van der Waals surface area contributed by atoms with E-state index in [2.05, 4.69) is 12.1 Å². The predicted octanol–water partition coefficient (Wildman–Crippen LogP) is 4.16. The number of piperazine rings is 1. The van der Waals surface area contributed by atoms with E-state index in [9.17, 15) is 9.59 Å². The van der Waals surface area contributed by atoms with Gasteiger partial charge in [0.2, 0.25) is 11.8 Å². The minimum atomic E-state index is -0.985. The maximum absolute atomic E-state index is 14.2. The molecule has 4 atom stereocenters. The zero-order valence-electron chi connectivity index (χ0n) is 18.6. The number of hydrogen-bond acceptors (Lipinski definition) is 3. The molecule has 0 N–H and O–H groups in total. The van der Waals surface area contributed by atoms with E-state index in [0.29, 0.717) is 13.2 Å². The maximum Gasteiger partial charge on any atom is 0.249 e. The third-order valence-electron chi connectivity index (χ3n) is 7.58. The van der Waals surface area contributed by atoms with Gasteiger partial charge >= 0.3 is 0 Å². The normalized spacial score (nSPS) is 28.1. The van der Waals surface area contributed by atoms with E-state index < -0.39 is 5.54 Å². The smallest absolute Gasteiger partial charge is 0.249 e. The van der Waals surface area contributed by atoms with Crippen LogP contribution < -0.4 is 4.74 Å². The van der Waals surface area contributed by atoms with Gasteiger partial charge in [-0.15, -0.1) is 0 Å². The Morgan fingerprint density at radius 1 is 0.909 bits per heavy atom. The maximum atomic E-state index is 14.2. The third kappa shape index (κ3) is 2.92. The second-order valence-corrected chi connectivity index (χ2v) is 9.40. The van der Waals surface area contributed by atoms with Crippen molar-refractivity contribution < 1.29 is 14.3 Å². The second kappa shape index (κ2) is 7.48. The van der Waals surface area contributed by atoms with E-state index in [4.69, 9.17) is 4.74 Å². The Kier molecular flexibility index (Phi) is 4.54. The zero-order valence-corrected chi connectivity index (χ0v) is 18.6. The van der Waals surface area contributed by atoms with Gasteiger partial charge in [0.1, 0.15) is 17.8 Å². The lowest BCUT2D eigenvalue weighted by atomic mass is 9.73. The van der Waals surface area contributed by atoms with E-state index in [0.717, 1.165) is 22.4 Å². The first-order valence-electron chi connectivity index (χ1n) is 11.5. The van der Waals surface area contributed by atoms with E-state index in [1.807, 2.05) is 84.6 Å². The van der Waals surface area contributed by atoms with Crippen LogP contribution in [0.25, 0.3) is 0 Å². The summed E-state index contributed by atoms with van der Waals surface area (Å²) in [6.07, 6.45) is 0. The van der Waals surface area contributed by atoms with Gasteiger partial charge in [0.05, 0.1) is 12.6 Å². The van der Waals surface area contributed by atoms with Crippen LogP contribution in [-0.2, 0) is 16.1 Å². The van der Waals surface area contributed by atoms with Crippen LogP contribution in [0.2, 0.25) is 0 Å². The molecule has 2 fully saturated rings. The summed E-state index contributed by atoms with van der Waals surface area (Å²) in [5.74, 6) is 0.649. The van der Waals surface area contributed by atoms with Gasteiger partial charge in [-0.2, -0.15) is 0 Å². The molecule has 166 valence electrons. The molecule has 5 heteroatoms. The first-order chi connectivity index (χ1) is 16.1. The molecule has 5 nitrogen and oxygen atoms in total. The molecule has 0 spiro atoms. The van der Waals surface area contributed by atoms with E-state index in [-0.39, 0.29) is 36.2 Å². The summed E-state index contributed by atoms with van der Waals surface area (Å²) >= 11 is 0. The number of amides is 2. The summed E-state index contributed by atoms with van der Waals surface area (Å²) in [5.41, 5.74) is 2.11. The van der Waals surface area contributed by atoms with Crippen molar-refractivity contribution in [2.45, 2.75) is 31.0 Å². The van der Waals surface area contributed by atoms with Crippen LogP contribution in [0.4, 0.5) is 0 Å². The molecule has 3 aromatic rings. The number of carbonyl (C=O) groups is 2. The standard InChI is InChI=1S/C28H26N2O3/c1-28-25(20-12-6-3-7-13-20)22-18-33-23-15-9-8-14-21(23)26(22)30(28)24(31)17-29(27(28)32)16-19-10-4-2-5-11-19/h2-15,22,25-26H,16-18H2,1H3/t22-,25+,26+,28-/m1/s1. The molecule has 3 aliphatic rings. The first-order valence-corrected chi connectivity index (χ1v) is 11.5. The van der Waals surface area contributed by atoms with Gasteiger partial charge in [0.25, 0.3) is 0 Å². The summed E-state index contributed by atoms with van der Waals surface area (Å²) in [7, 11) is 0. The van der Waals surface area contributed by atoms with Crippen LogP contribution in [0.5, 0.6) is 5.75 Å². The van der Waals surface area contributed by atoms with E-state index in [1.165, 1.54) is 0 Å². The number of fused-ring (bicyclic) bond motifs is 5. The Morgan fingerprint density at radius 2 is 1.58 bits per heavy atom. The highest BCUT2D eigenvalue weighted by molar-refractivity contribution is 5.99. The molecular weight excluding hydrogens is 412 g/mol. The van der Waals surface area contributed by atoms with Crippen molar-refractivity contribution in [3.8, 4) is 5.75 Å². The first kappa shape index (κ1) is 20.0. The number of nitrogens with zero attached hydrogens (tertiary/aromatic N) is 2. The summed E-state index contributed by atoms with van der Waals surface area (Å²) in [6, 6.07) is 27.8. The third-order valence-corrected chi connectivity index (χ3v) is 7.58. The van der Waals surface area contributed by atoms with Crippen molar-refractivity contribution in [1.29, 1.82) is 0 Å². The van der Waals surface area contributed by atoms with Gasteiger partial charge in [-0.1, -0.05) is 78.9 Å². The highest BCUT2D eigenvalue weighted by atomic mass is 16.5. The predicted molar refractivity (Wildman–Crippen MR) is 124 cm³/mol. The fourth-order valence-electron chi connectivity index (χ4n) is 6.27. The van der Waals surface area contributed by atoms with Crippen molar-refractivity contribution in [3.63, 3.8) is 0 Å². The van der Waals surface area contributed by atoms with Crippen LogP contribution in [0, 0.1) is 5.92 Å². The fourth-order valence-corrected chi connectivity index (χ4v) is 6.27. The topological polar surface area (TPSA) is 49.9 Å². The lowest BCUT2D eigenvalue weighted by Gasteiger charge is -2.47. The van der Waals surface area contributed by atoms with Crippen molar-refractivity contribution in [2.75, 3.05) is 13.2 Å². The minimum Gasteiger partial charge on any atom is -0.493 e. The summed E-state index contributed by atoms with van der Waals surface area (Å²) in [5, 5.41) is 0. The van der Waals surface area contributed by atoms with Gasteiger partial charge in [0.15, 0.2) is 0 Å². The van der Waals surface area contributed by atoms with Crippen LogP contribution in [0.3, 0.4) is 0 Å². The number of ether oxygens (including phenoxy) is 1. The molecule has 0 bridgehead atoms. The van der Waals surface area contributed by atoms with Crippen molar-refractivity contribution in [1.82, 2.24) is 9.80 Å². The minimum absolute atomic E-state index is 0.00170. The second-order valence-electron chi connectivity index (χ2n) is 9.40. The number of para-hydroxylation sites is 1. The Balaban J connectivity index is 1.49. The van der Waals surface area contributed by atoms with Crippen LogP contribution >= 0.6 is 0 Å². The molecule has 6 rings (SSSR count). The molecule has 0 unspecified atom stereocenters.